The SMILES string of the molecule is Cn1nccc1Cc1[nH][nH]c2cc3nc(C(=O)Cc4ccccc4)nc3cc12. The average molecular weight is 370 g/mol. The maximum Gasteiger partial charge on any atom is 0.204 e. The molecule has 7 heteroatoms. The molecule has 0 saturated heterocycles. The Morgan fingerprint density at radius 2 is 1.82 bits per heavy atom. The minimum Gasteiger partial charge on any atom is -0.304 e. The first-order valence-electron chi connectivity index (χ1n) is 9.08. The molecule has 3 heterocycles. The van der Waals surface area contributed by atoms with Gasteiger partial charge in [-0.05, 0) is 23.8 Å². The summed E-state index contributed by atoms with van der Waals surface area (Å²) in [6.45, 7) is 0. The second kappa shape index (κ2) is 6.45. The number of imidazole rings is 1. The van der Waals surface area contributed by atoms with Crippen LogP contribution in [-0.4, -0.2) is 35.7 Å². The Labute approximate surface area is 160 Å². The number of hydrogen-bond acceptors (Lipinski definition) is 4. The molecule has 2 N–H and O–H groups in total. The van der Waals surface area contributed by atoms with Crippen molar-refractivity contribution < 1.29 is 4.79 Å². The molecule has 2 aromatic carbocycles. The lowest BCUT2D eigenvalue weighted by molar-refractivity contribution is 0.0984. The van der Waals surface area contributed by atoms with E-state index in [0.717, 1.165) is 39.8 Å². The molecule has 0 bridgehead atoms. The first kappa shape index (κ1) is 16.4. The van der Waals surface area contributed by atoms with Crippen molar-refractivity contribution in [2.45, 2.75) is 12.8 Å². The van der Waals surface area contributed by atoms with E-state index in [0.29, 0.717) is 11.9 Å². The largest absolute Gasteiger partial charge is 0.304 e. The van der Waals surface area contributed by atoms with Crippen molar-refractivity contribution in [2.75, 3.05) is 0 Å². The molecule has 28 heavy (non-hydrogen) atoms. The number of H-pyrrole nitrogens is 2. The van der Waals surface area contributed by atoms with Crippen LogP contribution in [0.5, 0.6) is 0 Å². The van der Waals surface area contributed by atoms with Gasteiger partial charge in [-0.3, -0.25) is 9.48 Å². The van der Waals surface area contributed by atoms with Crippen LogP contribution in [0.2, 0.25) is 0 Å². The van der Waals surface area contributed by atoms with Crippen LogP contribution in [0.25, 0.3) is 21.9 Å². The van der Waals surface area contributed by atoms with Gasteiger partial charge >= 0.3 is 0 Å². The summed E-state index contributed by atoms with van der Waals surface area (Å²) < 4.78 is 1.86. The minimum absolute atomic E-state index is 0.0762. The van der Waals surface area contributed by atoms with Gasteiger partial charge in [-0.1, -0.05) is 30.3 Å². The van der Waals surface area contributed by atoms with Crippen molar-refractivity contribution in [1.29, 1.82) is 0 Å². The van der Waals surface area contributed by atoms with E-state index < -0.39 is 0 Å². The van der Waals surface area contributed by atoms with E-state index in [1.54, 1.807) is 6.20 Å². The van der Waals surface area contributed by atoms with Gasteiger partial charge < -0.3 is 10.2 Å². The van der Waals surface area contributed by atoms with Crippen LogP contribution in [0.4, 0.5) is 0 Å². The zero-order valence-electron chi connectivity index (χ0n) is 15.3. The third-order valence-corrected chi connectivity index (χ3v) is 4.98. The topological polar surface area (TPSA) is 92.2 Å². The van der Waals surface area contributed by atoms with E-state index >= 15 is 0 Å². The highest BCUT2D eigenvalue weighted by molar-refractivity contribution is 6.00. The summed E-state index contributed by atoms with van der Waals surface area (Å²) in [5.74, 6) is 0.191. The molecule has 0 amide bonds. The van der Waals surface area contributed by atoms with Crippen molar-refractivity contribution in [3.8, 4) is 0 Å². The second-order valence-electron chi connectivity index (χ2n) is 6.87. The number of nitrogens with one attached hydrogen (secondary N) is 2. The Hall–Kier alpha value is -3.74. The van der Waals surface area contributed by atoms with Gasteiger partial charge in [0.05, 0.1) is 16.6 Å². The van der Waals surface area contributed by atoms with E-state index in [2.05, 4.69) is 25.3 Å². The molecule has 0 atom stereocenters. The van der Waals surface area contributed by atoms with Crippen molar-refractivity contribution in [1.82, 2.24) is 29.9 Å². The highest BCUT2D eigenvalue weighted by atomic mass is 16.1. The number of rotatable bonds is 5. The Bertz CT molecular complexity index is 1290. The normalized spacial score (nSPS) is 11.5. The molecule has 5 aromatic rings. The average Bonchev–Trinajstić information content (AvgIpc) is 3.40. The quantitative estimate of drug-likeness (QED) is 0.465. The zero-order valence-corrected chi connectivity index (χ0v) is 15.3. The number of Topliss-reactive ketones (excluding diaryl/α,β-unsaturated/α-hetero) is 1. The summed E-state index contributed by atoms with van der Waals surface area (Å²) in [5.41, 5.74) is 5.48. The zero-order chi connectivity index (χ0) is 19.1. The summed E-state index contributed by atoms with van der Waals surface area (Å²) in [6, 6.07) is 15.6. The maximum atomic E-state index is 12.6. The first-order chi connectivity index (χ1) is 13.7. The maximum absolute atomic E-state index is 12.6. The number of hydrogen-bond donors (Lipinski definition) is 2. The monoisotopic (exact) mass is 370 g/mol. The highest BCUT2D eigenvalue weighted by Crippen LogP contribution is 2.24. The lowest BCUT2D eigenvalue weighted by Crippen LogP contribution is -2.05. The number of carbonyl (C=O) groups excluding carboxylic acids is 1. The van der Waals surface area contributed by atoms with Crippen LogP contribution >= 0.6 is 0 Å². The van der Waals surface area contributed by atoms with E-state index in [4.69, 9.17) is 0 Å². The first-order valence-corrected chi connectivity index (χ1v) is 9.08. The number of nitrogens with zero attached hydrogens (tertiary/aromatic N) is 4. The molecule has 0 aliphatic rings. The number of aryl methyl sites for hydroxylation is 1. The highest BCUT2D eigenvalue weighted by Gasteiger charge is 2.16. The number of carbonyl (C=O) groups is 1. The van der Waals surface area contributed by atoms with E-state index in [1.807, 2.05) is 60.3 Å². The third-order valence-electron chi connectivity index (χ3n) is 4.98. The van der Waals surface area contributed by atoms with Gasteiger partial charge in [0, 0.05) is 42.9 Å². The fourth-order valence-corrected chi connectivity index (χ4v) is 3.45. The number of ketones is 1. The minimum atomic E-state index is -0.0762. The lowest BCUT2D eigenvalue weighted by Gasteiger charge is -2.00. The molecule has 3 aromatic heterocycles. The Kier molecular flexibility index (Phi) is 3.79. The van der Waals surface area contributed by atoms with Gasteiger partial charge in [-0.2, -0.15) is 5.10 Å². The van der Waals surface area contributed by atoms with Crippen LogP contribution in [0.1, 0.15) is 27.6 Å². The molecule has 0 aliphatic heterocycles. The molecule has 0 saturated carbocycles. The predicted molar refractivity (Wildman–Crippen MR) is 106 cm³/mol. The van der Waals surface area contributed by atoms with Gasteiger partial charge in [0.1, 0.15) is 0 Å². The van der Waals surface area contributed by atoms with E-state index in [1.165, 1.54) is 0 Å². The third kappa shape index (κ3) is 2.87. The number of benzene rings is 2. The number of fused-ring (bicyclic) bond motifs is 2. The molecule has 138 valence electrons. The van der Waals surface area contributed by atoms with Crippen molar-refractivity contribution in [3.63, 3.8) is 0 Å². The van der Waals surface area contributed by atoms with E-state index in [9.17, 15) is 4.79 Å². The van der Waals surface area contributed by atoms with Crippen LogP contribution in [0, 0.1) is 0 Å². The number of aromatic nitrogens is 6. The van der Waals surface area contributed by atoms with Gasteiger partial charge in [0.25, 0.3) is 0 Å². The van der Waals surface area contributed by atoms with Gasteiger partial charge in [0.15, 0.2) is 5.82 Å². The summed E-state index contributed by atoms with van der Waals surface area (Å²) in [6.07, 6.45) is 2.81. The van der Waals surface area contributed by atoms with Crippen LogP contribution in [0.15, 0.2) is 54.7 Å². The van der Waals surface area contributed by atoms with Gasteiger partial charge in [0.2, 0.25) is 5.78 Å². The Morgan fingerprint density at radius 3 is 2.57 bits per heavy atom. The lowest BCUT2D eigenvalue weighted by atomic mass is 10.1. The molecule has 0 radical (unpaired) electrons. The molecule has 5 rings (SSSR count). The molecule has 0 fully saturated rings. The van der Waals surface area contributed by atoms with E-state index in [-0.39, 0.29) is 11.6 Å². The van der Waals surface area contributed by atoms with Crippen LogP contribution in [-0.2, 0) is 19.9 Å². The van der Waals surface area contributed by atoms with Crippen molar-refractivity contribution >= 4 is 27.7 Å². The Balaban J connectivity index is 1.49. The van der Waals surface area contributed by atoms with Crippen molar-refractivity contribution in [2.24, 2.45) is 7.05 Å². The van der Waals surface area contributed by atoms with Gasteiger partial charge in [-0.25, -0.2) is 9.97 Å². The molecule has 0 aliphatic carbocycles. The predicted octanol–water partition coefficient (Wildman–Crippen LogP) is 3.19. The fourth-order valence-electron chi connectivity index (χ4n) is 3.45. The standard InChI is InChI=1S/C21H18N6O/c1-27-14(7-8-22-27)10-16-15-11-18-19(12-17(15)26-25-16)24-21(23-18)20(28)9-13-5-3-2-4-6-13/h2-8,11-12,25-26H,9-10H2,1H3. The number of aromatic amines is 2. The summed E-state index contributed by atoms with van der Waals surface area (Å²) >= 11 is 0. The molecule has 7 nitrogen and oxygen atoms in total. The Morgan fingerprint density at radius 1 is 1.04 bits per heavy atom. The van der Waals surface area contributed by atoms with Crippen LogP contribution < -0.4 is 0 Å². The molecular formula is C21H18N6O. The fraction of sp³-hybridized carbons (Fsp3) is 0.143. The summed E-state index contributed by atoms with van der Waals surface area (Å²) in [7, 11) is 1.93. The molecule has 0 spiro atoms. The van der Waals surface area contributed by atoms with Gasteiger partial charge in [-0.15, -0.1) is 0 Å². The van der Waals surface area contributed by atoms with Crippen LogP contribution in [0.3, 0.4) is 0 Å². The second-order valence-corrected chi connectivity index (χ2v) is 6.87. The molecular weight excluding hydrogens is 352 g/mol. The smallest absolute Gasteiger partial charge is 0.204 e. The van der Waals surface area contributed by atoms with Crippen molar-refractivity contribution in [3.05, 3.63) is 77.5 Å². The summed E-state index contributed by atoms with van der Waals surface area (Å²) in [4.78, 5) is 21.5. The summed E-state index contributed by atoms with van der Waals surface area (Å²) in [5, 5.41) is 11.7. The molecule has 0 unspecified atom stereocenters.